The third-order valence-corrected chi connectivity index (χ3v) is 3.21. The van der Waals surface area contributed by atoms with Gasteiger partial charge in [0, 0.05) is 35.2 Å². The van der Waals surface area contributed by atoms with Gasteiger partial charge in [-0.25, -0.2) is 5.01 Å². The van der Waals surface area contributed by atoms with Crippen LogP contribution in [0.1, 0.15) is 9.75 Å². The maximum atomic E-state index is 5.85. The van der Waals surface area contributed by atoms with Crippen molar-refractivity contribution in [2.75, 3.05) is 0 Å². The first-order valence-electron chi connectivity index (χ1n) is 4.09. The first-order valence-corrected chi connectivity index (χ1v) is 5.85. The summed E-state index contributed by atoms with van der Waals surface area (Å²) in [5.41, 5.74) is 3.63. The Morgan fingerprint density at radius 2 is 1.57 bits per heavy atom. The fraction of sp³-hybridized carbons (Fsp3) is 0.250. The van der Waals surface area contributed by atoms with Gasteiger partial charge in [-0.05, 0) is 0 Å². The average Bonchev–Trinajstić information content (AvgIpc) is 2.76. The molecule has 2 aromatic rings. The lowest BCUT2D eigenvalue weighted by Crippen LogP contribution is -2.28. The van der Waals surface area contributed by atoms with Crippen molar-refractivity contribution in [1.82, 2.24) is 15.0 Å². The van der Waals surface area contributed by atoms with E-state index in [-0.39, 0.29) is 0 Å². The van der Waals surface area contributed by atoms with E-state index in [1.165, 1.54) is 9.75 Å². The predicted octanol–water partition coefficient (Wildman–Crippen LogP) is 1.48. The number of hydrazine groups is 1. The molecule has 0 saturated heterocycles. The zero-order valence-corrected chi connectivity index (χ0v) is 9.09. The highest BCUT2D eigenvalue weighted by Gasteiger charge is 2.04. The molecule has 6 heteroatoms. The maximum Gasteiger partial charge on any atom is 0.0794 e. The second kappa shape index (κ2) is 4.61. The average molecular weight is 226 g/mol. The second-order valence-corrected chi connectivity index (χ2v) is 4.78. The van der Waals surface area contributed by atoms with Crippen LogP contribution in [0.5, 0.6) is 0 Å². The van der Waals surface area contributed by atoms with Crippen LogP contribution in [0.2, 0.25) is 0 Å². The van der Waals surface area contributed by atoms with Crippen LogP contribution < -0.4 is 5.84 Å². The number of nitrogens with two attached hydrogens (primary N) is 1. The Bertz CT molecular complexity index is 320. The molecule has 0 aliphatic rings. The molecular weight excluding hydrogens is 216 g/mol. The normalized spacial score (nSPS) is 11.0. The number of thiazole rings is 2. The Kier molecular flexibility index (Phi) is 3.20. The van der Waals surface area contributed by atoms with Gasteiger partial charge >= 0.3 is 0 Å². The minimum Gasteiger partial charge on any atom is -0.268 e. The minimum absolute atomic E-state index is 0.739. The second-order valence-electron chi connectivity index (χ2n) is 2.84. The van der Waals surface area contributed by atoms with E-state index in [4.69, 9.17) is 5.84 Å². The van der Waals surface area contributed by atoms with Crippen LogP contribution in [0.15, 0.2) is 23.4 Å². The molecule has 0 aliphatic carbocycles. The van der Waals surface area contributed by atoms with E-state index in [9.17, 15) is 0 Å². The van der Waals surface area contributed by atoms with Gasteiger partial charge in [0.05, 0.1) is 11.0 Å². The van der Waals surface area contributed by atoms with Crippen LogP contribution in [0.3, 0.4) is 0 Å². The smallest absolute Gasteiger partial charge is 0.0794 e. The largest absolute Gasteiger partial charge is 0.268 e. The first kappa shape index (κ1) is 9.72. The molecule has 2 N–H and O–H groups in total. The molecule has 0 fully saturated rings. The topological polar surface area (TPSA) is 55.0 Å². The molecule has 14 heavy (non-hydrogen) atoms. The van der Waals surface area contributed by atoms with Crippen molar-refractivity contribution in [2.45, 2.75) is 13.1 Å². The lowest BCUT2D eigenvalue weighted by atomic mass is 10.4. The zero-order chi connectivity index (χ0) is 9.80. The van der Waals surface area contributed by atoms with E-state index < -0.39 is 0 Å². The first-order chi connectivity index (χ1) is 6.84. The monoisotopic (exact) mass is 226 g/mol. The molecule has 4 nitrogen and oxygen atoms in total. The minimum atomic E-state index is 0.739. The van der Waals surface area contributed by atoms with Gasteiger partial charge in [-0.15, -0.1) is 22.7 Å². The van der Waals surface area contributed by atoms with Crippen molar-refractivity contribution in [3.05, 3.63) is 33.2 Å². The van der Waals surface area contributed by atoms with E-state index >= 15 is 0 Å². The quantitative estimate of drug-likeness (QED) is 0.633. The van der Waals surface area contributed by atoms with Gasteiger partial charge in [-0.2, -0.15) is 0 Å². The molecule has 0 amide bonds. The molecule has 2 heterocycles. The summed E-state index contributed by atoms with van der Waals surface area (Å²) in [6.45, 7) is 1.48. The standard InChI is InChI=1S/C8H10N4S2/c9-12(3-7-1-10-5-13-7)4-8-2-11-6-14-8/h1-2,5-6H,3-4,9H2. The predicted molar refractivity (Wildman–Crippen MR) is 57.7 cm³/mol. The van der Waals surface area contributed by atoms with E-state index in [0.717, 1.165) is 13.1 Å². The number of hydrogen-bond acceptors (Lipinski definition) is 6. The Morgan fingerprint density at radius 1 is 1.07 bits per heavy atom. The molecule has 74 valence electrons. The van der Waals surface area contributed by atoms with Crippen LogP contribution in [-0.4, -0.2) is 15.0 Å². The Morgan fingerprint density at radius 3 is 1.93 bits per heavy atom. The van der Waals surface area contributed by atoms with Gasteiger partial charge in [0.1, 0.15) is 0 Å². The fourth-order valence-corrected chi connectivity index (χ4v) is 2.34. The van der Waals surface area contributed by atoms with Gasteiger partial charge in [0.15, 0.2) is 0 Å². The SMILES string of the molecule is NN(Cc1cncs1)Cc1cncs1. The highest BCUT2D eigenvalue weighted by molar-refractivity contribution is 7.09. The summed E-state index contributed by atoms with van der Waals surface area (Å²) in [5.74, 6) is 5.85. The lowest BCUT2D eigenvalue weighted by molar-refractivity contribution is 0.270. The van der Waals surface area contributed by atoms with Crippen LogP contribution >= 0.6 is 22.7 Å². The van der Waals surface area contributed by atoms with Gasteiger partial charge in [0.25, 0.3) is 0 Å². The molecule has 0 atom stereocenters. The molecule has 0 radical (unpaired) electrons. The number of nitrogens with zero attached hydrogens (tertiary/aromatic N) is 3. The molecule has 2 rings (SSSR count). The number of hydrogen-bond donors (Lipinski definition) is 1. The molecule has 0 spiro atoms. The Hall–Kier alpha value is -0.820. The lowest BCUT2D eigenvalue weighted by Gasteiger charge is -2.12. The van der Waals surface area contributed by atoms with Gasteiger partial charge in [0.2, 0.25) is 0 Å². The Balaban J connectivity index is 1.88. The van der Waals surface area contributed by atoms with Crippen molar-refractivity contribution >= 4 is 22.7 Å². The van der Waals surface area contributed by atoms with Crippen LogP contribution in [-0.2, 0) is 13.1 Å². The molecule has 0 bridgehead atoms. The number of rotatable bonds is 4. The van der Waals surface area contributed by atoms with Crippen molar-refractivity contribution < 1.29 is 0 Å². The zero-order valence-electron chi connectivity index (χ0n) is 7.46. The maximum absolute atomic E-state index is 5.85. The van der Waals surface area contributed by atoms with E-state index in [1.807, 2.05) is 23.4 Å². The molecule has 0 saturated carbocycles. The van der Waals surface area contributed by atoms with E-state index in [1.54, 1.807) is 27.7 Å². The Labute approximate surface area is 90.0 Å². The molecule has 0 unspecified atom stereocenters. The summed E-state index contributed by atoms with van der Waals surface area (Å²) < 4.78 is 0. The van der Waals surface area contributed by atoms with Crippen molar-refractivity contribution in [3.63, 3.8) is 0 Å². The number of aromatic nitrogens is 2. The molecule has 0 aromatic carbocycles. The van der Waals surface area contributed by atoms with Crippen LogP contribution in [0.25, 0.3) is 0 Å². The third kappa shape index (κ3) is 2.58. The molecule has 0 aliphatic heterocycles. The van der Waals surface area contributed by atoms with E-state index in [2.05, 4.69) is 9.97 Å². The summed E-state index contributed by atoms with van der Waals surface area (Å²) in [6, 6.07) is 0. The summed E-state index contributed by atoms with van der Waals surface area (Å²) in [6.07, 6.45) is 3.69. The van der Waals surface area contributed by atoms with Crippen LogP contribution in [0, 0.1) is 0 Å². The summed E-state index contributed by atoms with van der Waals surface area (Å²) in [7, 11) is 0. The van der Waals surface area contributed by atoms with E-state index in [0.29, 0.717) is 0 Å². The fourth-order valence-electron chi connectivity index (χ4n) is 1.10. The van der Waals surface area contributed by atoms with Gasteiger partial charge < -0.3 is 0 Å². The van der Waals surface area contributed by atoms with Crippen LogP contribution in [0.4, 0.5) is 0 Å². The van der Waals surface area contributed by atoms with Gasteiger partial charge in [-0.3, -0.25) is 15.8 Å². The third-order valence-electron chi connectivity index (χ3n) is 1.68. The van der Waals surface area contributed by atoms with Gasteiger partial charge in [-0.1, -0.05) is 0 Å². The summed E-state index contributed by atoms with van der Waals surface area (Å²) in [5, 5.41) is 1.76. The molecular formula is C8H10N4S2. The summed E-state index contributed by atoms with van der Waals surface area (Å²) >= 11 is 3.24. The van der Waals surface area contributed by atoms with Crippen molar-refractivity contribution in [1.29, 1.82) is 0 Å². The van der Waals surface area contributed by atoms with Crippen molar-refractivity contribution in [3.8, 4) is 0 Å². The highest BCUT2D eigenvalue weighted by Crippen LogP contribution is 2.11. The highest BCUT2D eigenvalue weighted by atomic mass is 32.1. The van der Waals surface area contributed by atoms with Crippen molar-refractivity contribution in [2.24, 2.45) is 5.84 Å². The summed E-state index contributed by atoms with van der Waals surface area (Å²) in [4.78, 5) is 10.4. The molecule has 2 aromatic heterocycles.